The van der Waals surface area contributed by atoms with Crippen LogP contribution in [0.1, 0.15) is 31.7 Å². The maximum Gasteiger partial charge on any atom is 0.103 e. The number of pyridine rings is 1. The van der Waals surface area contributed by atoms with Gasteiger partial charge in [0.25, 0.3) is 0 Å². The molecule has 0 saturated carbocycles. The van der Waals surface area contributed by atoms with E-state index in [2.05, 4.69) is 22.9 Å². The van der Waals surface area contributed by atoms with E-state index >= 15 is 0 Å². The molecule has 1 aliphatic rings. The molecule has 0 bridgehead atoms. The van der Waals surface area contributed by atoms with Crippen LogP contribution < -0.4 is 10.6 Å². The van der Waals surface area contributed by atoms with E-state index in [1.54, 1.807) is 6.20 Å². The molecule has 2 atom stereocenters. The van der Waals surface area contributed by atoms with Gasteiger partial charge in [0.1, 0.15) is 6.07 Å². The van der Waals surface area contributed by atoms with Gasteiger partial charge in [0.15, 0.2) is 0 Å². The molecule has 2 N–H and O–H groups in total. The number of nitrogens with two attached hydrogens (primary N) is 1. The molecule has 1 aromatic heterocycles. The predicted molar refractivity (Wildman–Crippen MR) is 85.1 cm³/mol. The van der Waals surface area contributed by atoms with Crippen LogP contribution in [0.2, 0.25) is 0 Å². The van der Waals surface area contributed by atoms with Crippen molar-refractivity contribution in [2.45, 2.75) is 38.3 Å². The number of rotatable bonds is 2. The Balaban J connectivity index is 2.24. The van der Waals surface area contributed by atoms with Crippen LogP contribution in [-0.4, -0.2) is 23.6 Å². The summed E-state index contributed by atoms with van der Waals surface area (Å²) in [5.41, 5.74) is 8.56. The van der Waals surface area contributed by atoms with E-state index < -0.39 is 0 Å². The van der Waals surface area contributed by atoms with Gasteiger partial charge in [0.05, 0.1) is 16.8 Å². The molecule has 0 radical (unpaired) electrons. The number of hydrogen-bond donors (Lipinski definition) is 1. The number of nitrogens with zero attached hydrogens (tertiary/aromatic N) is 3. The zero-order valence-electron chi connectivity index (χ0n) is 12.3. The molecule has 1 saturated heterocycles. The average Bonchev–Trinajstić information content (AvgIpc) is 2.53. The molecule has 108 valence electrons. The van der Waals surface area contributed by atoms with Crippen molar-refractivity contribution >= 4 is 16.6 Å². The third-order valence-corrected chi connectivity index (χ3v) is 4.43. The maximum atomic E-state index is 9.51. The quantitative estimate of drug-likeness (QED) is 0.918. The zero-order valence-corrected chi connectivity index (χ0v) is 12.3. The molecule has 4 nitrogen and oxygen atoms in total. The van der Waals surface area contributed by atoms with E-state index in [-0.39, 0.29) is 0 Å². The van der Waals surface area contributed by atoms with Crippen LogP contribution in [0.5, 0.6) is 0 Å². The normalized spacial score (nSPS) is 22.2. The van der Waals surface area contributed by atoms with Crippen LogP contribution in [0, 0.1) is 11.3 Å². The largest absolute Gasteiger partial charge is 0.363 e. The van der Waals surface area contributed by atoms with Gasteiger partial charge in [-0.2, -0.15) is 5.26 Å². The fourth-order valence-corrected chi connectivity index (χ4v) is 3.41. The summed E-state index contributed by atoms with van der Waals surface area (Å²) in [4.78, 5) is 6.76. The van der Waals surface area contributed by atoms with Crippen LogP contribution in [0.15, 0.2) is 30.5 Å². The molecular weight excluding hydrogens is 260 g/mol. The van der Waals surface area contributed by atoms with E-state index in [9.17, 15) is 5.26 Å². The van der Waals surface area contributed by atoms with Crippen molar-refractivity contribution in [1.29, 1.82) is 5.26 Å². The summed E-state index contributed by atoms with van der Waals surface area (Å²) >= 11 is 0. The smallest absolute Gasteiger partial charge is 0.103 e. The van der Waals surface area contributed by atoms with Crippen LogP contribution in [0.25, 0.3) is 10.9 Å². The monoisotopic (exact) mass is 280 g/mol. The van der Waals surface area contributed by atoms with Crippen LogP contribution in [0.3, 0.4) is 0 Å². The molecular formula is C17H20N4. The topological polar surface area (TPSA) is 65.9 Å². The van der Waals surface area contributed by atoms with Crippen molar-refractivity contribution in [2.75, 3.05) is 11.4 Å². The van der Waals surface area contributed by atoms with Crippen LogP contribution >= 0.6 is 0 Å². The van der Waals surface area contributed by atoms with Gasteiger partial charge in [-0.05, 0) is 32.3 Å². The molecule has 2 heterocycles. The van der Waals surface area contributed by atoms with E-state index in [0.717, 1.165) is 29.4 Å². The highest BCUT2D eigenvalue weighted by Gasteiger charge is 2.30. The summed E-state index contributed by atoms with van der Waals surface area (Å²) in [6.07, 6.45) is 5.11. The van der Waals surface area contributed by atoms with E-state index in [1.165, 1.54) is 6.42 Å². The lowest BCUT2D eigenvalue weighted by molar-refractivity contribution is 0.401. The van der Waals surface area contributed by atoms with Gasteiger partial charge >= 0.3 is 0 Å². The molecule has 1 aliphatic heterocycles. The van der Waals surface area contributed by atoms with Gasteiger partial charge in [0, 0.05) is 30.2 Å². The lowest BCUT2D eigenvalue weighted by atomic mass is 9.94. The van der Waals surface area contributed by atoms with Gasteiger partial charge < -0.3 is 10.6 Å². The van der Waals surface area contributed by atoms with Gasteiger partial charge in [-0.25, -0.2) is 0 Å². The van der Waals surface area contributed by atoms with E-state index in [1.807, 2.05) is 24.3 Å². The summed E-state index contributed by atoms with van der Waals surface area (Å²) in [7, 11) is 0. The minimum Gasteiger partial charge on any atom is -0.363 e. The van der Waals surface area contributed by atoms with Crippen molar-refractivity contribution in [2.24, 2.45) is 5.73 Å². The highest BCUT2D eigenvalue weighted by Crippen LogP contribution is 2.36. The summed E-state index contributed by atoms with van der Waals surface area (Å²) in [5, 5.41) is 10.6. The lowest BCUT2D eigenvalue weighted by Crippen LogP contribution is -2.49. The minimum absolute atomic E-state index is 0.298. The second kappa shape index (κ2) is 5.71. The number of piperidine rings is 1. The predicted octanol–water partition coefficient (Wildman–Crippen LogP) is 2.81. The Kier molecular flexibility index (Phi) is 3.76. The Hall–Kier alpha value is -2.12. The molecule has 1 fully saturated rings. The number of hydrogen-bond acceptors (Lipinski definition) is 4. The maximum absolute atomic E-state index is 9.51. The Morgan fingerprint density at radius 1 is 1.38 bits per heavy atom. The standard InChI is InChI=1S/C17H20N4/c1-12-5-4-6-14(10-19)21(12)17-13(9-18)11-20-16-8-3-2-7-15(16)17/h2-3,7-8,11-12,14H,4-6,10,19H2,1H3. The van der Waals surface area contributed by atoms with E-state index in [0.29, 0.717) is 24.2 Å². The third kappa shape index (κ3) is 2.34. The second-order valence-electron chi connectivity index (χ2n) is 5.73. The molecule has 3 rings (SSSR count). The fourth-order valence-electron chi connectivity index (χ4n) is 3.41. The van der Waals surface area contributed by atoms with Gasteiger partial charge in [-0.3, -0.25) is 4.98 Å². The molecule has 4 heteroatoms. The first-order valence-corrected chi connectivity index (χ1v) is 7.52. The molecule has 1 aromatic carbocycles. The Labute approximate surface area is 125 Å². The van der Waals surface area contributed by atoms with Crippen molar-refractivity contribution in [1.82, 2.24) is 4.98 Å². The number of para-hydroxylation sites is 1. The summed E-state index contributed by atoms with van der Waals surface area (Å²) in [5.74, 6) is 0. The number of aromatic nitrogens is 1. The Bertz CT molecular complexity index is 689. The summed E-state index contributed by atoms with van der Waals surface area (Å²) in [6.45, 7) is 2.84. The van der Waals surface area contributed by atoms with Crippen molar-refractivity contribution in [3.8, 4) is 6.07 Å². The highest BCUT2D eigenvalue weighted by molar-refractivity contribution is 5.94. The number of anilines is 1. The number of fused-ring (bicyclic) bond motifs is 1. The first kappa shape index (κ1) is 13.8. The first-order valence-electron chi connectivity index (χ1n) is 7.52. The summed E-state index contributed by atoms with van der Waals surface area (Å²) in [6, 6.07) is 11.0. The molecule has 0 spiro atoms. The summed E-state index contributed by atoms with van der Waals surface area (Å²) < 4.78 is 0. The van der Waals surface area contributed by atoms with E-state index in [4.69, 9.17) is 5.73 Å². The van der Waals surface area contributed by atoms with Crippen molar-refractivity contribution in [3.63, 3.8) is 0 Å². The minimum atomic E-state index is 0.298. The molecule has 0 aliphatic carbocycles. The van der Waals surface area contributed by atoms with Gasteiger partial charge in [0.2, 0.25) is 0 Å². The van der Waals surface area contributed by atoms with Crippen LogP contribution in [0.4, 0.5) is 5.69 Å². The van der Waals surface area contributed by atoms with Crippen molar-refractivity contribution in [3.05, 3.63) is 36.0 Å². The second-order valence-corrected chi connectivity index (χ2v) is 5.73. The molecule has 21 heavy (non-hydrogen) atoms. The highest BCUT2D eigenvalue weighted by atomic mass is 15.2. The van der Waals surface area contributed by atoms with Gasteiger partial charge in [-0.1, -0.05) is 18.2 Å². The zero-order chi connectivity index (χ0) is 14.8. The molecule has 2 unspecified atom stereocenters. The average molecular weight is 280 g/mol. The first-order chi connectivity index (χ1) is 10.3. The fraction of sp³-hybridized carbons (Fsp3) is 0.412. The third-order valence-electron chi connectivity index (χ3n) is 4.43. The Morgan fingerprint density at radius 2 is 2.19 bits per heavy atom. The van der Waals surface area contributed by atoms with Crippen LogP contribution in [-0.2, 0) is 0 Å². The van der Waals surface area contributed by atoms with Gasteiger partial charge in [-0.15, -0.1) is 0 Å². The van der Waals surface area contributed by atoms with Crippen molar-refractivity contribution < 1.29 is 0 Å². The molecule has 2 aromatic rings. The Morgan fingerprint density at radius 3 is 2.95 bits per heavy atom. The number of benzene rings is 1. The lowest BCUT2D eigenvalue weighted by Gasteiger charge is -2.43. The molecule has 0 amide bonds. The SMILES string of the molecule is CC1CCCC(CN)N1c1c(C#N)cnc2ccccc12. The number of nitriles is 1.